The van der Waals surface area contributed by atoms with Crippen molar-refractivity contribution in [1.82, 2.24) is 15.5 Å². The van der Waals surface area contributed by atoms with Gasteiger partial charge in [-0.2, -0.15) is 0 Å². The lowest BCUT2D eigenvalue weighted by atomic mass is 9.97. The molecule has 1 N–H and O–H groups in total. The highest BCUT2D eigenvalue weighted by Gasteiger charge is 2.26. The van der Waals surface area contributed by atoms with Gasteiger partial charge in [0, 0.05) is 30.2 Å². The SMILES string of the molecule is O=C(NCCCc1ccccc1)C1CCCN(c2ccc(-c3ccc(Cl)cc3)nn2)C1. The lowest BCUT2D eigenvalue weighted by Gasteiger charge is -2.32. The van der Waals surface area contributed by atoms with E-state index in [2.05, 4.69) is 44.7 Å². The molecule has 1 amide bonds. The molecule has 160 valence electrons. The van der Waals surface area contributed by atoms with E-state index in [0.717, 1.165) is 49.3 Å². The monoisotopic (exact) mass is 434 g/mol. The minimum absolute atomic E-state index is 0.0109. The predicted molar refractivity (Wildman–Crippen MR) is 125 cm³/mol. The molecule has 2 heterocycles. The first-order chi connectivity index (χ1) is 15.2. The molecule has 1 saturated heterocycles. The molecule has 1 aliphatic rings. The molecule has 1 unspecified atom stereocenters. The fourth-order valence-corrected chi connectivity index (χ4v) is 4.09. The number of aromatic nitrogens is 2. The summed E-state index contributed by atoms with van der Waals surface area (Å²) in [5.74, 6) is 0.950. The van der Waals surface area contributed by atoms with Crippen LogP contribution in [0.1, 0.15) is 24.8 Å². The second-order valence-corrected chi connectivity index (χ2v) is 8.39. The summed E-state index contributed by atoms with van der Waals surface area (Å²) in [5.41, 5.74) is 3.10. The minimum atomic E-state index is -0.0109. The van der Waals surface area contributed by atoms with Gasteiger partial charge in [0.05, 0.1) is 11.6 Å². The fourth-order valence-electron chi connectivity index (χ4n) is 3.96. The van der Waals surface area contributed by atoms with Crippen LogP contribution in [0, 0.1) is 5.92 Å². The summed E-state index contributed by atoms with van der Waals surface area (Å²) < 4.78 is 0. The van der Waals surface area contributed by atoms with Gasteiger partial charge in [-0.3, -0.25) is 4.79 Å². The summed E-state index contributed by atoms with van der Waals surface area (Å²) in [7, 11) is 0. The van der Waals surface area contributed by atoms with Crippen LogP contribution in [0.5, 0.6) is 0 Å². The lowest BCUT2D eigenvalue weighted by Crippen LogP contribution is -2.43. The zero-order valence-electron chi connectivity index (χ0n) is 17.5. The Morgan fingerprint density at radius 3 is 2.58 bits per heavy atom. The average Bonchev–Trinajstić information content (AvgIpc) is 2.83. The number of amides is 1. The number of carbonyl (C=O) groups is 1. The summed E-state index contributed by atoms with van der Waals surface area (Å²) >= 11 is 5.96. The smallest absolute Gasteiger partial charge is 0.224 e. The largest absolute Gasteiger partial charge is 0.356 e. The van der Waals surface area contributed by atoms with Crippen LogP contribution >= 0.6 is 11.6 Å². The Kier molecular flexibility index (Phi) is 7.15. The van der Waals surface area contributed by atoms with E-state index >= 15 is 0 Å². The van der Waals surface area contributed by atoms with Crippen molar-refractivity contribution in [2.45, 2.75) is 25.7 Å². The molecule has 0 bridgehead atoms. The topological polar surface area (TPSA) is 58.1 Å². The maximum absolute atomic E-state index is 12.7. The molecule has 0 radical (unpaired) electrons. The molecule has 3 aromatic rings. The molecule has 0 spiro atoms. The van der Waals surface area contributed by atoms with E-state index in [1.165, 1.54) is 5.56 Å². The van der Waals surface area contributed by atoms with Crippen molar-refractivity contribution in [2.75, 3.05) is 24.5 Å². The van der Waals surface area contributed by atoms with Gasteiger partial charge in [-0.05, 0) is 55.5 Å². The maximum atomic E-state index is 12.7. The van der Waals surface area contributed by atoms with Crippen molar-refractivity contribution in [3.05, 3.63) is 77.3 Å². The summed E-state index contributed by atoms with van der Waals surface area (Å²) in [4.78, 5) is 14.8. The van der Waals surface area contributed by atoms with Crippen LogP contribution < -0.4 is 10.2 Å². The Morgan fingerprint density at radius 1 is 1.03 bits per heavy atom. The Bertz CT molecular complexity index is 977. The van der Waals surface area contributed by atoms with Gasteiger partial charge < -0.3 is 10.2 Å². The molecule has 1 aliphatic heterocycles. The quantitative estimate of drug-likeness (QED) is 0.544. The van der Waals surface area contributed by atoms with Crippen LogP contribution in [-0.2, 0) is 11.2 Å². The van der Waals surface area contributed by atoms with E-state index in [4.69, 9.17) is 11.6 Å². The van der Waals surface area contributed by atoms with Gasteiger partial charge >= 0.3 is 0 Å². The lowest BCUT2D eigenvalue weighted by molar-refractivity contribution is -0.125. The van der Waals surface area contributed by atoms with Gasteiger partial charge in [0.25, 0.3) is 0 Å². The normalized spacial score (nSPS) is 16.2. The van der Waals surface area contributed by atoms with E-state index in [1.807, 2.05) is 42.5 Å². The van der Waals surface area contributed by atoms with Crippen molar-refractivity contribution in [3.63, 3.8) is 0 Å². The van der Waals surface area contributed by atoms with E-state index in [0.29, 0.717) is 18.1 Å². The second kappa shape index (κ2) is 10.4. The Balaban J connectivity index is 1.28. The highest BCUT2D eigenvalue weighted by Crippen LogP contribution is 2.24. The minimum Gasteiger partial charge on any atom is -0.356 e. The number of nitrogens with one attached hydrogen (secondary N) is 1. The highest BCUT2D eigenvalue weighted by molar-refractivity contribution is 6.30. The van der Waals surface area contributed by atoms with Crippen LogP contribution in [0.2, 0.25) is 5.02 Å². The Morgan fingerprint density at radius 2 is 1.84 bits per heavy atom. The van der Waals surface area contributed by atoms with Crippen LogP contribution in [0.3, 0.4) is 0 Å². The number of aryl methyl sites for hydroxylation is 1. The van der Waals surface area contributed by atoms with Crippen LogP contribution in [0.15, 0.2) is 66.7 Å². The van der Waals surface area contributed by atoms with E-state index in [9.17, 15) is 4.79 Å². The van der Waals surface area contributed by atoms with Gasteiger partial charge in [-0.15, -0.1) is 10.2 Å². The zero-order chi connectivity index (χ0) is 21.5. The third-order valence-corrected chi connectivity index (χ3v) is 5.94. The molecule has 31 heavy (non-hydrogen) atoms. The molecule has 1 atom stereocenters. The molecule has 2 aromatic carbocycles. The van der Waals surface area contributed by atoms with Crippen molar-refractivity contribution in [3.8, 4) is 11.3 Å². The van der Waals surface area contributed by atoms with Crippen molar-refractivity contribution in [1.29, 1.82) is 0 Å². The molecule has 1 aromatic heterocycles. The molecular weight excluding hydrogens is 408 g/mol. The first-order valence-electron chi connectivity index (χ1n) is 10.9. The molecule has 6 heteroatoms. The number of piperidine rings is 1. The molecule has 0 saturated carbocycles. The van der Waals surface area contributed by atoms with Crippen molar-refractivity contribution in [2.24, 2.45) is 5.92 Å². The first kappa shape index (κ1) is 21.3. The summed E-state index contributed by atoms with van der Waals surface area (Å²) in [6.45, 7) is 2.28. The second-order valence-electron chi connectivity index (χ2n) is 7.95. The third kappa shape index (κ3) is 5.82. The van der Waals surface area contributed by atoms with Gasteiger partial charge in [-0.25, -0.2) is 0 Å². The number of halogens is 1. The number of anilines is 1. The molecule has 0 aliphatic carbocycles. The van der Waals surface area contributed by atoms with E-state index < -0.39 is 0 Å². The number of nitrogens with zero attached hydrogens (tertiary/aromatic N) is 3. The first-order valence-corrected chi connectivity index (χ1v) is 11.2. The summed E-state index contributed by atoms with van der Waals surface area (Å²) in [6, 6.07) is 21.9. The molecule has 4 rings (SSSR count). The number of hydrogen-bond acceptors (Lipinski definition) is 4. The Hall–Kier alpha value is -2.92. The average molecular weight is 435 g/mol. The van der Waals surface area contributed by atoms with E-state index in [1.54, 1.807) is 0 Å². The van der Waals surface area contributed by atoms with Crippen LogP contribution in [-0.4, -0.2) is 35.7 Å². The molecule has 5 nitrogen and oxygen atoms in total. The Labute approximate surface area is 188 Å². The standard InChI is InChI=1S/C25H27ClN4O/c26-22-12-10-20(11-13-22)23-14-15-24(29-28-23)30-17-5-9-21(18-30)25(31)27-16-4-8-19-6-2-1-3-7-19/h1-3,6-7,10-15,21H,4-5,8-9,16-18H2,(H,27,31). The number of carbonyl (C=O) groups excluding carboxylic acids is 1. The summed E-state index contributed by atoms with van der Waals surface area (Å²) in [6.07, 6.45) is 3.82. The zero-order valence-corrected chi connectivity index (χ0v) is 18.3. The molecular formula is C25H27ClN4O. The maximum Gasteiger partial charge on any atom is 0.224 e. The number of hydrogen-bond donors (Lipinski definition) is 1. The highest BCUT2D eigenvalue weighted by atomic mass is 35.5. The molecule has 1 fully saturated rings. The van der Waals surface area contributed by atoms with Crippen molar-refractivity contribution >= 4 is 23.3 Å². The van der Waals surface area contributed by atoms with E-state index in [-0.39, 0.29) is 11.8 Å². The van der Waals surface area contributed by atoms with Crippen LogP contribution in [0.25, 0.3) is 11.3 Å². The fraction of sp³-hybridized carbons (Fsp3) is 0.320. The summed E-state index contributed by atoms with van der Waals surface area (Å²) in [5, 5.41) is 12.6. The predicted octanol–water partition coefficient (Wildman–Crippen LogP) is 4.76. The van der Waals surface area contributed by atoms with Gasteiger partial charge in [0.2, 0.25) is 5.91 Å². The number of rotatable bonds is 7. The van der Waals surface area contributed by atoms with Gasteiger partial charge in [0.1, 0.15) is 0 Å². The third-order valence-electron chi connectivity index (χ3n) is 5.69. The van der Waals surface area contributed by atoms with Crippen molar-refractivity contribution < 1.29 is 4.79 Å². The van der Waals surface area contributed by atoms with Crippen LogP contribution in [0.4, 0.5) is 5.82 Å². The van der Waals surface area contributed by atoms with Gasteiger partial charge in [-0.1, -0.05) is 54.1 Å². The van der Waals surface area contributed by atoms with Gasteiger partial charge in [0.15, 0.2) is 5.82 Å². The number of benzene rings is 2.